The molecule has 8 heteroatoms. The van der Waals surface area contributed by atoms with Gasteiger partial charge < -0.3 is 20.6 Å². The SMILES string of the molecule is CC(C)(C)NC(=O)C1N(CCCCCCO)C(=O)[C@@H]2[C@@H](C(=O)Nc3ccccc3)[C@@]3(C)CCC12S3. The third-order valence-corrected chi connectivity index (χ3v) is 9.64. The van der Waals surface area contributed by atoms with E-state index < -0.39 is 28.2 Å². The number of thioether (sulfide) groups is 1. The molecule has 192 valence electrons. The van der Waals surface area contributed by atoms with Crippen molar-refractivity contribution in [2.45, 2.75) is 87.3 Å². The van der Waals surface area contributed by atoms with E-state index in [4.69, 9.17) is 5.11 Å². The Hall–Kier alpha value is -2.06. The summed E-state index contributed by atoms with van der Waals surface area (Å²) in [6.07, 6.45) is 4.85. The van der Waals surface area contributed by atoms with Crippen molar-refractivity contribution in [3.8, 4) is 0 Å². The van der Waals surface area contributed by atoms with Gasteiger partial charge in [-0.05, 0) is 65.5 Å². The fourth-order valence-corrected chi connectivity index (χ4v) is 8.65. The first-order valence-corrected chi connectivity index (χ1v) is 13.6. The second-order valence-electron chi connectivity index (χ2n) is 11.5. The molecule has 3 heterocycles. The highest BCUT2D eigenvalue weighted by Gasteiger charge is 2.77. The second-order valence-corrected chi connectivity index (χ2v) is 13.4. The van der Waals surface area contributed by atoms with Crippen molar-refractivity contribution in [2.24, 2.45) is 11.8 Å². The predicted molar refractivity (Wildman–Crippen MR) is 139 cm³/mol. The van der Waals surface area contributed by atoms with Crippen molar-refractivity contribution in [1.82, 2.24) is 10.2 Å². The fraction of sp³-hybridized carbons (Fsp3) is 0.667. The molecule has 1 aromatic carbocycles. The third-order valence-electron chi connectivity index (χ3n) is 7.65. The summed E-state index contributed by atoms with van der Waals surface area (Å²) in [4.78, 5) is 43.1. The standard InChI is InChI=1S/C27H39N3O4S/c1-25(2,3)29-23(33)21-27-15-14-26(4,35-27)19(22(32)28-18-12-8-7-9-13-18)20(27)24(34)30(21)16-10-5-6-11-17-31/h7-9,12-13,19-21,31H,5-6,10-11,14-17H2,1-4H3,(H,28,32)(H,29,33)/t19-,20-,21?,26+,27?/m0/s1. The Balaban J connectivity index is 1.64. The molecule has 4 rings (SSSR count). The van der Waals surface area contributed by atoms with E-state index in [1.807, 2.05) is 51.1 Å². The Morgan fingerprint density at radius 3 is 2.43 bits per heavy atom. The van der Waals surface area contributed by atoms with Crippen molar-refractivity contribution >= 4 is 35.2 Å². The van der Waals surface area contributed by atoms with E-state index in [0.717, 1.165) is 44.2 Å². The Bertz CT molecular complexity index is 965. The maximum absolute atomic E-state index is 14.0. The molecule has 35 heavy (non-hydrogen) atoms. The van der Waals surface area contributed by atoms with Gasteiger partial charge in [0.1, 0.15) is 6.04 Å². The predicted octanol–water partition coefficient (Wildman–Crippen LogP) is 3.57. The van der Waals surface area contributed by atoms with Gasteiger partial charge in [-0.1, -0.05) is 31.0 Å². The molecule has 3 saturated heterocycles. The zero-order valence-electron chi connectivity index (χ0n) is 21.3. The van der Waals surface area contributed by atoms with Crippen LogP contribution >= 0.6 is 11.8 Å². The van der Waals surface area contributed by atoms with Crippen LogP contribution in [0.25, 0.3) is 0 Å². The van der Waals surface area contributed by atoms with Crippen LogP contribution in [-0.4, -0.2) is 62.0 Å². The van der Waals surface area contributed by atoms with Crippen LogP contribution in [0.3, 0.4) is 0 Å². The highest BCUT2D eigenvalue weighted by atomic mass is 32.2. The van der Waals surface area contributed by atoms with Crippen LogP contribution in [0, 0.1) is 11.8 Å². The first kappa shape index (κ1) is 26.0. The van der Waals surface area contributed by atoms with Crippen LogP contribution in [0.5, 0.6) is 0 Å². The lowest BCUT2D eigenvalue weighted by Crippen LogP contribution is -2.57. The van der Waals surface area contributed by atoms with Gasteiger partial charge in [-0.15, -0.1) is 11.8 Å². The summed E-state index contributed by atoms with van der Waals surface area (Å²) >= 11 is 1.70. The summed E-state index contributed by atoms with van der Waals surface area (Å²) in [5.74, 6) is -1.32. The van der Waals surface area contributed by atoms with Gasteiger partial charge in [0, 0.05) is 29.1 Å². The average Bonchev–Trinajstić information content (AvgIpc) is 3.34. The third kappa shape index (κ3) is 4.84. The summed E-state index contributed by atoms with van der Waals surface area (Å²) in [7, 11) is 0. The zero-order chi connectivity index (χ0) is 25.4. The van der Waals surface area contributed by atoms with E-state index in [0.29, 0.717) is 6.54 Å². The number of carbonyl (C=O) groups excluding carboxylic acids is 3. The average molecular weight is 502 g/mol. The van der Waals surface area contributed by atoms with Gasteiger partial charge in [-0.3, -0.25) is 14.4 Å². The molecule has 1 spiro atoms. The van der Waals surface area contributed by atoms with Crippen LogP contribution in [0.4, 0.5) is 5.69 Å². The number of hydrogen-bond donors (Lipinski definition) is 3. The minimum absolute atomic E-state index is 0.0645. The molecule has 3 amide bonds. The number of amides is 3. The van der Waals surface area contributed by atoms with Crippen molar-refractivity contribution in [1.29, 1.82) is 0 Å². The van der Waals surface area contributed by atoms with Gasteiger partial charge >= 0.3 is 0 Å². The Kier molecular flexibility index (Phi) is 7.26. The molecule has 5 atom stereocenters. The molecule has 0 radical (unpaired) electrons. The van der Waals surface area contributed by atoms with Gasteiger partial charge in [0.15, 0.2) is 0 Å². The van der Waals surface area contributed by atoms with Gasteiger partial charge in [-0.2, -0.15) is 0 Å². The molecule has 0 aliphatic carbocycles. The van der Waals surface area contributed by atoms with E-state index in [-0.39, 0.29) is 29.1 Å². The van der Waals surface area contributed by atoms with Crippen molar-refractivity contribution < 1.29 is 19.5 Å². The molecule has 2 bridgehead atoms. The minimum Gasteiger partial charge on any atom is -0.396 e. The van der Waals surface area contributed by atoms with E-state index in [1.165, 1.54) is 0 Å². The lowest BCUT2D eigenvalue weighted by molar-refractivity contribution is -0.139. The Morgan fingerprint density at radius 1 is 1.09 bits per heavy atom. The van der Waals surface area contributed by atoms with Gasteiger partial charge in [0.25, 0.3) is 0 Å². The number of benzene rings is 1. The Labute approximate surface area is 212 Å². The molecule has 2 unspecified atom stereocenters. The summed E-state index contributed by atoms with van der Waals surface area (Å²) in [5, 5.41) is 15.2. The zero-order valence-corrected chi connectivity index (χ0v) is 22.1. The minimum atomic E-state index is -0.592. The number of rotatable bonds is 9. The Morgan fingerprint density at radius 2 is 1.77 bits per heavy atom. The van der Waals surface area contributed by atoms with Gasteiger partial charge in [0.05, 0.1) is 16.6 Å². The molecule has 0 aromatic heterocycles. The number of nitrogens with zero attached hydrogens (tertiary/aromatic N) is 1. The van der Waals surface area contributed by atoms with Crippen LogP contribution in [0.15, 0.2) is 30.3 Å². The van der Waals surface area contributed by atoms with E-state index >= 15 is 0 Å². The fourth-order valence-electron chi connectivity index (χ4n) is 6.29. The molecule has 3 aliphatic heterocycles. The van der Waals surface area contributed by atoms with Crippen molar-refractivity contribution in [3.63, 3.8) is 0 Å². The van der Waals surface area contributed by atoms with Gasteiger partial charge in [0.2, 0.25) is 17.7 Å². The maximum Gasteiger partial charge on any atom is 0.244 e. The molecule has 1 aromatic rings. The smallest absolute Gasteiger partial charge is 0.244 e. The number of anilines is 1. The number of hydrogen-bond acceptors (Lipinski definition) is 5. The lowest BCUT2D eigenvalue weighted by atomic mass is 9.66. The van der Waals surface area contributed by atoms with Crippen LogP contribution in [0.1, 0.15) is 66.2 Å². The number of aliphatic hydroxyl groups excluding tert-OH is 1. The number of nitrogens with one attached hydrogen (secondary N) is 2. The van der Waals surface area contributed by atoms with Crippen molar-refractivity contribution in [2.75, 3.05) is 18.5 Å². The summed E-state index contributed by atoms with van der Waals surface area (Å²) in [6, 6.07) is 8.77. The number of para-hydroxylation sites is 1. The maximum atomic E-state index is 14.0. The first-order valence-electron chi connectivity index (χ1n) is 12.8. The van der Waals surface area contributed by atoms with Crippen LogP contribution < -0.4 is 10.6 Å². The van der Waals surface area contributed by atoms with E-state index in [2.05, 4.69) is 17.6 Å². The largest absolute Gasteiger partial charge is 0.396 e. The van der Waals surface area contributed by atoms with Crippen LogP contribution in [-0.2, 0) is 14.4 Å². The summed E-state index contributed by atoms with van der Waals surface area (Å²) in [5.41, 5.74) is 0.299. The molecule has 0 saturated carbocycles. The molecular formula is C27H39N3O4S. The normalized spacial score (nSPS) is 31.5. The number of carbonyl (C=O) groups is 3. The summed E-state index contributed by atoms with van der Waals surface area (Å²) in [6.45, 7) is 8.60. The number of aliphatic hydroxyl groups is 1. The van der Waals surface area contributed by atoms with E-state index in [1.54, 1.807) is 16.7 Å². The van der Waals surface area contributed by atoms with E-state index in [9.17, 15) is 14.4 Å². The molecule has 7 nitrogen and oxygen atoms in total. The number of unbranched alkanes of at least 4 members (excludes halogenated alkanes) is 3. The topological polar surface area (TPSA) is 98.7 Å². The van der Waals surface area contributed by atoms with Crippen LogP contribution in [0.2, 0.25) is 0 Å². The summed E-state index contributed by atoms with van der Waals surface area (Å²) < 4.78 is -0.975. The highest BCUT2D eigenvalue weighted by molar-refractivity contribution is 8.02. The molecular weight excluding hydrogens is 462 g/mol. The van der Waals surface area contributed by atoms with Gasteiger partial charge in [-0.25, -0.2) is 0 Å². The molecule has 3 fully saturated rings. The lowest BCUT2D eigenvalue weighted by Gasteiger charge is -2.36. The molecule has 3 aliphatic rings. The molecule has 3 N–H and O–H groups in total. The number of fused-ring (bicyclic) bond motifs is 1. The quantitative estimate of drug-likeness (QED) is 0.449. The number of likely N-dealkylation sites (tertiary alicyclic amines) is 1. The highest BCUT2D eigenvalue weighted by Crippen LogP contribution is 2.71. The first-order chi connectivity index (χ1) is 16.5. The van der Waals surface area contributed by atoms with Crippen molar-refractivity contribution in [3.05, 3.63) is 30.3 Å². The second kappa shape index (κ2) is 9.77. The monoisotopic (exact) mass is 501 g/mol.